The Balaban J connectivity index is 1.62. The van der Waals surface area contributed by atoms with Crippen LogP contribution in [0.4, 0.5) is 0 Å². The van der Waals surface area contributed by atoms with Gasteiger partial charge in [0, 0.05) is 23.9 Å². The molecule has 0 bridgehead atoms. The van der Waals surface area contributed by atoms with Gasteiger partial charge in [0.2, 0.25) is 4.96 Å². The van der Waals surface area contributed by atoms with E-state index in [2.05, 4.69) is 26.9 Å². The van der Waals surface area contributed by atoms with Gasteiger partial charge in [-0.15, -0.1) is 16.8 Å². The van der Waals surface area contributed by atoms with Gasteiger partial charge < -0.3 is 0 Å². The molecule has 4 rings (SSSR count). The van der Waals surface area contributed by atoms with Gasteiger partial charge in [-0.1, -0.05) is 59.5 Å². The van der Waals surface area contributed by atoms with Crippen LogP contribution in [0.15, 0.2) is 59.0 Å². The minimum absolute atomic E-state index is 0.169. The van der Waals surface area contributed by atoms with E-state index in [1.54, 1.807) is 0 Å². The van der Waals surface area contributed by atoms with Gasteiger partial charge in [-0.05, 0) is 6.92 Å². The number of aromatic nitrogens is 6. The first-order chi connectivity index (χ1) is 13.2. The largest absolute Gasteiger partial charge is 0.298 e. The predicted molar refractivity (Wildman–Crippen MR) is 107 cm³/mol. The fourth-order valence-electron chi connectivity index (χ4n) is 2.65. The normalized spacial score (nSPS) is 11.1. The molecular formula is C18H16N6OS2. The van der Waals surface area contributed by atoms with Crippen LogP contribution < -0.4 is 5.56 Å². The summed E-state index contributed by atoms with van der Waals surface area (Å²) in [5.41, 5.74) is 1.53. The number of thioether (sulfide) groups is 1. The Hall–Kier alpha value is -2.78. The molecule has 0 fully saturated rings. The SMILES string of the molecule is C=CCn1c(SCc2cc(=O)n3nc(C)sc3n2)nnc1-c1ccccc1. The second-order valence-corrected chi connectivity index (χ2v) is 7.86. The van der Waals surface area contributed by atoms with Crippen LogP contribution >= 0.6 is 23.1 Å². The van der Waals surface area contributed by atoms with Crippen molar-refractivity contribution in [2.45, 2.75) is 24.4 Å². The minimum atomic E-state index is -0.169. The Morgan fingerprint density at radius 2 is 2.07 bits per heavy atom. The zero-order valence-corrected chi connectivity index (χ0v) is 16.2. The molecule has 9 heteroatoms. The van der Waals surface area contributed by atoms with Crippen molar-refractivity contribution < 1.29 is 0 Å². The van der Waals surface area contributed by atoms with Gasteiger partial charge in [0.05, 0.1) is 5.69 Å². The standard InChI is InChI=1S/C18H16N6OS2/c1-3-9-23-16(13-7-5-4-6-8-13)20-21-18(23)26-11-14-10-15(25)24-17(19-14)27-12(2)22-24/h3-8,10H,1,9,11H2,2H3. The number of benzene rings is 1. The first-order valence-electron chi connectivity index (χ1n) is 8.24. The minimum Gasteiger partial charge on any atom is -0.298 e. The van der Waals surface area contributed by atoms with Crippen molar-refractivity contribution in [2.75, 3.05) is 0 Å². The van der Waals surface area contributed by atoms with Crippen LogP contribution in [0, 0.1) is 6.92 Å². The van der Waals surface area contributed by atoms with Crippen molar-refractivity contribution in [3.05, 3.63) is 70.1 Å². The van der Waals surface area contributed by atoms with Crippen molar-refractivity contribution in [3.8, 4) is 11.4 Å². The van der Waals surface area contributed by atoms with Crippen molar-refractivity contribution in [1.29, 1.82) is 0 Å². The number of rotatable bonds is 6. The van der Waals surface area contributed by atoms with E-state index in [4.69, 9.17) is 0 Å². The maximum atomic E-state index is 12.2. The molecule has 0 spiro atoms. The molecule has 0 saturated heterocycles. The lowest BCUT2D eigenvalue weighted by Crippen LogP contribution is -2.15. The molecular weight excluding hydrogens is 380 g/mol. The van der Waals surface area contributed by atoms with Crippen LogP contribution in [0.2, 0.25) is 0 Å². The summed E-state index contributed by atoms with van der Waals surface area (Å²) in [6.45, 7) is 6.29. The summed E-state index contributed by atoms with van der Waals surface area (Å²) in [6.07, 6.45) is 1.82. The Bertz CT molecular complexity index is 1160. The van der Waals surface area contributed by atoms with E-state index in [0.29, 0.717) is 23.0 Å². The molecule has 3 heterocycles. The van der Waals surface area contributed by atoms with E-state index >= 15 is 0 Å². The van der Waals surface area contributed by atoms with E-state index in [0.717, 1.165) is 21.6 Å². The molecule has 0 aliphatic carbocycles. The summed E-state index contributed by atoms with van der Waals surface area (Å²) in [7, 11) is 0. The van der Waals surface area contributed by atoms with E-state index in [1.807, 2.05) is 47.9 Å². The molecule has 3 aromatic heterocycles. The Labute approximate surface area is 163 Å². The number of hydrogen-bond donors (Lipinski definition) is 0. The van der Waals surface area contributed by atoms with Gasteiger partial charge in [-0.3, -0.25) is 9.36 Å². The monoisotopic (exact) mass is 396 g/mol. The number of aryl methyl sites for hydroxylation is 1. The highest BCUT2D eigenvalue weighted by Gasteiger charge is 2.14. The van der Waals surface area contributed by atoms with Crippen LogP contribution in [-0.2, 0) is 12.3 Å². The van der Waals surface area contributed by atoms with Crippen LogP contribution in [0.5, 0.6) is 0 Å². The topological polar surface area (TPSA) is 78.0 Å². The van der Waals surface area contributed by atoms with E-state index < -0.39 is 0 Å². The number of fused-ring (bicyclic) bond motifs is 1. The molecule has 0 unspecified atom stereocenters. The van der Waals surface area contributed by atoms with Gasteiger partial charge in [0.25, 0.3) is 5.56 Å². The lowest BCUT2D eigenvalue weighted by molar-refractivity contribution is 0.731. The molecule has 0 saturated carbocycles. The third kappa shape index (κ3) is 3.56. The first-order valence-corrected chi connectivity index (χ1v) is 10.0. The molecule has 1 aromatic carbocycles. The highest BCUT2D eigenvalue weighted by molar-refractivity contribution is 7.98. The van der Waals surface area contributed by atoms with Gasteiger partial charge in [-0.2, -0.15) is 9.61 Å². The summed E-state index contributed by atoms with van der Waals surface area (Å²) in [4.78, 5) is 17.3. The van der Waals surface area contributed by atoms with Crippen LogP contribution in [0.25, 0.3) is 16.3 Å². The molecule has 4 aromatic rings. The summed E-state index contributed by atoms with van der Waals surface area (Å²) in [6, 6.07) is 11.4. The average Bonchev–Trinajstić information content (AvgIpc) is 3.24. The second-order valence-electron chi connectivity index (χ2n) is 5.76. The third-order valence-corrected chi connectivity index (χ3v) is 5.63. The van der Waals surface area contributed by atoms with Gasteiger partial charge >= 0.3 is 0 Å². The molecule has 27 heavy (non-hydrogen) atoms. The molecule has 0 amide bonds. The molecule has 136 valence electrons. The average molecular weight is 397 g/mol. The Kier molecular flexibility index (Phi) is 4.87. The van der Waals surface area contributed by atoms with E-state index in [-0.39, 0.29) is 5.56 Å². The molecule has 0 radical (unpaired) electrons. The molecule has 0 aliphatic heterocycles. The van der Waals surface area contributed by atoms with Gasteiger partial charge in [-0.25, -0.2) is 4.98 Å². The predicted octanol–water partition coefficient (Wildman–Crippen LogP) is 3.20. The van der Waals surface area contributed by atoms with E-state index in [1.165, 1.54) is 33.7 Å². The second kappa shape index (κ2) is 7.45. The zero-order valence-electron chi connectivity index (χ0n) is 14.6. The Morgan fingerprint density at radius 3 is 2.85 bits per heavy atom. The van der Waals surface area contributed by atoms with Crippen molar-refractivity contribution in [3.63, 3.8) is 0 Å². The van der Waals surface area contributed by atoms with Gasteiger partial charge in [0.15, 0.2) is 11.0 Å². The molecule has 7 nitrogen and oxygen atoms in total. The molecule has 0 N–H and O–H groups in total. The molecule has 0 atom stereocenters. The lowest BCUT2D eigenvalue weighted by atomic mass is 10.2. The van der Waals surface area contributed by atoms with Crippen LogP contribution in [0.1, 0.15) is 10.7 Å². The molecule has 0 aliphatic rings. The first kappa shape index (κ1) is 17.6. The maximum Gasteiger partial charge on any atom is 0.275 e. The van der Waals surface area contributed by atoms with Gasteiger partial charge in [0.1, 0.15) is 5.01 Å². The lowest BCUT2D eigenvalue weighted by Gasteiger charge is -2.07. The van der Waals surface area contributed by atoms with E-state index in [9.17, 15) is 4.79 Å². The highest BCUT2D eigenvalue weighted by Crippen LogP contribution is 2.26. The number of nitrogens with zero attached hydrogens (tertiary/aromatic N) is 6. The Morgan fingerprint density at radius 1 is 1.26 bits per heavy atom. The third-order valence-electron chi connectivity index (χ3n) is 3.81. The van der Waals surface area contributed by atoms with Crippen LogP contribution in [0.3, 0.4) is 0 Å². The zero-order chi connectivity index (χ0) is 18.8. The van der Waals surface area contributed by atoms with Crippen LogP contribution in [-0.4, -0.2) is 29.4 Å². The van der Waals surface area contributed by atoms with Crippen molar-refractivity contribution in [1.82, 2.24) is 29.4 Å². The highest BCUT2D eigenvalue weighted by atomic mass is 32.2. The fraction of sp³-hybridized carbons (Fsp3) is 0.167. The summed E-state index contributed by atoms with van der Waals surface area (Å²) < 4.78 is 3.34. The summed E-state index contributed by atoms with van der Waals surface area (Å²) >= 11 is 2.89. The maximum absolute atomic E-state index is 12.2. The fourth-order valence-corrected chi connectivity index (χ4v) is 4.26. The van der Waals surface area contributed by atoms with Crippen molar-refractivity contribution >= 4 is 28.1 Å². The summed E-state index contributed by atoms with van der Waals surface area (Å²) in [5, 5.41) is 14.4. The number of allylic oxidation sites excluding steroid dienone is 1. The van der Waals surface area contributed by atoms with Crippen molar-refractivity contribution in [2.24, 2.45) is 0 Å². The number of hydrogen-bond acceptors (Lipinski definition) is 7. The smallest absolute Gasteiger partial charge is 0.275 e. The summed E-state index contributed by atoms with van der Waals surface area (Å²) in [5.74, 6) is 1.31. The quantitative estimate of drug-likeness (QED) is 0.368.